The number of hydrogen-bond donors (Lipinski definition) is 2. The van der Waals surface area contributed by atoms with E-state index in [0.29, 0.717) is 11.6 Å². The highest BCUT2D eigenvalue weighted by Crippen LogP contribution is 2.24. The molecule has 0 unspecified atom stereocenters. The minimum atomic E-state index is -2.43. The van der Waals surface area contributed by atoms with Crippen LogP contribution in [-0.4, -0.2) is 37.8 Å². The van der Waals surface area contributed by atoms with Crippen molar-refractivity contribution in [2.24, 2.45) is 5.92 Å². The topological polar surface area (TPSA) is 35.5 Å². The number of hydrogen-bond acceptors (Lipinski definition) is 3. The summed E-state index contributed by atoms with van der Waals surface area (Å²) in [6.45, 7) is 5.61. The monoisotopic (exact) mass is 364 g/mol. The molecule has 21 heavy (non-hydrogen) atoms. The smallest absolute Gasteiger partial charge is 0.255 e. The number of aliphatic hydroxyl groups excluding tert-OH is 1. The Morgan fingerprint density at radius 3 is 2.57 bits per heavy atom. The van der Waals surface area contributed by atoms with Crippen molar-refractivity contribution >= 4 is 21.6 Å². The predicted octanol–water partition coefficient (Wildman–Crippen LogP) is 3.26. The molecule has 0 saturated heterocycles. The van der Waals surface area contributed by atoms with Crippen molar-refractivity contribution in [3.63, 3.8) is 0 Å². The standard InChI is InChI=1S/C15H23BrF2N2O/c1-11(2)8-19-9-12-3-4-13(7-14(12)16)20(5-6-21)10-15(17)18/h3-4,7,11,15,19,21H,5-6,8-10H2,1-2H3. The van der Waals surface area contributed by atoms with Gasteiger partial charge in [0.05, 0.1) is 13.2 Å². The van der Waals surface area contributed by atoms with Gasteiger partial charge in [-0.15, -0.1) is 0 Å². The summed E-state index contributed by atoms with van der Waals surface area (Å²) in [6, 6.07) is 5.56. The van der Waals surface area contributed by atoms with Crippen molar-refractivity contribution in [1.29, 1.82) is 0 Å². The Kier molecular flexibility index (Phi) is 8.14. The van der Waals surface area contributed by atoms with Gasteiger partial charge in [-0.05, 0) is 30.2 Å². The fraction of sp³-hybridized carbons (Fsp3) is 0.600. The molecule has 0 bridgehead atoms. The molecule has 0 aliphatic carbocycles. The third kappa shape index (κ3) is 6.72. The molecule has 0 spiro atoms. The second-order valence-corrected chi connectivity index (χ2v) is 6.22. The maximum absolute atomic E-state index is 12.6. The number of nitrogens with zero attached hydrogens (tertiary/aromatic N) is 1. The number of benzene rings is 1. The van der Waals surface area contributed by atoms with E-state index >= 15 is 0 Å². The highest BCUT2D eigenvalue weighted by Gasteiger charge is 2.13. The molecule has 1 aromatic carbocycles. The van der Waals surface area contributed by atoms with Gasteiger partial charge >= 0.3 is 0 Å². The molecule has 0 fully saturated rings. The Hall–Kier alpha value is -0.720. The molecule has 120 valence electrons. The third-order valence-corrected chi connectivity index (χ3v) is 3.74. The van der Waals surface area contributed by atoms with Crippen LogP contribution in [-0.2, 0) is 6.54 Å². The summed E-state index contributed by atoms with van der Waals surface area (Å²) in [7, 11) is 0. The lowest BCUT2D eigenvalue weighted by molar-refractivity contribution is 0.153. The van der Waals surface area contributed by atoms with E-state index in [0.717, 1.165) is 23.1 Å². The summed E-state index contributed by atoms with van der Waals surface area (Å²) in [5, 5.41) is 12.3. The van der Waals surface area contributed by atoms with E-state index in [-0.39, 0.29) is 19.7 Å². The summed E-state index contributed by atoms with van der Waals surface area (Å²) < 4.78 is 26.0. The first kappa shape index (κ1) is 18.3. The van der Waals surface area contributed by atoms with Crippen molar-refractivity contribution in [1.82, 2.24) is 5.32 Å². The number of alkyl halides is 2. The van der Waals surface area contributed by atoms with Crippen molar-refractivity contribution in [2.45, 2.75) is 26.8 Å². The zero-order chi connectivity index (χ0) is 15.8. The fourth-order valence-corrected chi connectivity index (χ4v) is 2.49. The molecule has 1 aromatic rings. The maximum atomic E-state index is 12.6. The summed E-state index contributed by atoms with van der Waals surface area (Å²) in [6.07, 6.45) is -2.43. The van der Waals surface area contributed by atoms with E-state index in [9.17, 15) is 8.78 Å². The molecule has 0 atom stereocenters. The summed E-state index contributed by atoms with van der Waals surface area (Å²) in [4.78, 5) is 1.49. The average Bonchev–Trinajstić information content (AvgIpc) is 2.39. The minimum Gasteiger partial charge on any atom is -0.395 e. The van der Waals surface area contributed by atoms with Crippen molar-refractivity contribution in [2.75, 3.05) is 31.1 Å². The summed E-state index contributed by atoms with van der Waals surface area (Å²) in [5.41, 5.74) is 1.77. The molecule has 0 aliphatic heterocycles. The van der Waals surface area contributed by atoms with Gasteiger partial charge in [0, 0.05) is 23.2 Å². The Balaban J connectivity index is 2.74. The predicted molar refractivity (Wildman–Crippen MR) is 86.0 cm³/mol. The van der Waals surface area contributed by atoms with Gasteiger partial charge in [0.1, 0.15) is 0 Å². The van der Waals surface area contributed by atoms with Crippen molar-refractivity contribution in [3.8, 4) is 0 Å². The summed E-state index contributed by atoms with van der Waals surface area (Å²) >= 11 is 3.48. The zero-order valence-corrected chi connectivity index (χ0v) is 14.0. The molecule has 3 nitrogen and oxygen atoms in total. The molecular weight excluding hydrogens is 342 g/mol. The molecule has 2 N–H and O–H groups in total. The second kappa shape index (κ2) is 9.33. The lowest BCUT2D eigenvalue weighted by Crippen LogP contribution is -2.31. The zero-order valence-electron chi connectivity index (χ0n) is 12.5. The van der Waals surface area contributed by atoms with Crippen LogP contribution in [0.25, 0.3) is 0 Å². The molecular formula is C15H23BrF2N2O. The Labute approximate surface area is 133 Å². The van der Waals surface area contributed by atoms with E-state index in [1.807, 2.05) is 18.2 Å². The SMILES string of the molecule is CC(C)CNCc1ccc(N(CCO)CC(F)F)cc1Br. The Morgan fingerprint density at radius 1 is 1.33 bits per heavy atom. The molecule has 0 amide bonds. The first-order valence-corrected chi connectivity index (χ1v) is 7.86. The van der Waals surface area contributed by atoms with E-state index < -0.39 is 6.43 Å². The van der Waals surface area contributed by atoms with Gasteiger partial charge < -0.3 is 15.3 Å². The van der Waals surface area contributed by atoms with Crippen LogP contribution < -0.4 is 10.2 Å². The summed E-state index contributed by atoms with van der Waals surface area (Å²) in [5.74, 6) is 0.578. The van der Waals surface area contributed by atoms with Gasteiger partial charge in [0.25, 0.3) is 6.43 Å². The molecule has 0 radical (unpaired) electrons. The van der Waals surface area contributed by atoms with Crippen LogP contribution in [0.2, 0.25) is 0 Å². The number of aliphatic hydroxyl groups is 1. The highest BCUT2D eigenvalue weighted by atomic mass is 79.9. The normalized spacial score (nSPS) is 11.4. The highest BCUT2D eigenvalue weighted by molar-refractivity contribution is 9.10. The van der Waals surface area contributed by atoms with Gasteiger partial charge in [0.2, 0.25) is 0 Å². The van der Waals surface area contributed by atoms with E-state index in [1.165, 1.54) is 4.90 Å². The van der Waals surface area contributed by atoms with E-state index in [4.69, 9.17) is 5.11 Å². The van der Waals surface area contributed by atoms with Gasteiger partial charge in [-0.2, -0.15) is 0 Å². The van der Waals surface area contributed by atoms with Gasteiger partial charge in [0.15, 0.2) is 0 Å². The number of halogens is 3. The van der Waals surface area contributed by atoms with Crippen molar-refractivity contribution in [3.05, 3.63) is 28.2 Å². The number of rotatable bonds is 9. The van der Waals surface area contributed by atoms with Crippen LogP contribution >= 0.6 is 15.9 Å². The van der Waals surface area contributed by atoms with Crippen LogP contribution in [0.5, 0.6) is 0 Å². The largest absolute Gasteiger partial charge is 0.395 e. The molecule has 1 rings (SSSR count). The van der Waals surface area contributed by atoms with Crippen LogP contribution in [0.4, 0.5) is 14.5 Å². The van der Waals surface area contributed by atoms with Crippen LogP contribution in [0, 0.1) is 5.92 Å². The van der Waals surface area contributed by atoms with Crippen LogP contribution in [0.1, 0.15) is 19.4 Å². The van der Waals surface area contributed by atoms with Crippen molar-refractivity contribution < 1.29 is 13.9 Å². The Bertz CT molecular complexity index is 430. The molecule has 0 aromatic heterocycles. The first-order valence-electron chi connectivity index (χ1n) is 7.07. The molecule has 6 heteroatoms. The fourth-order valence-electron chi connectivity index (χ4n) is 1.98. The van der Waals surface area contributed by atoms with Crippen LogP contribution in [0.3, 0.4) is 0 Å². The van der Waals surface area contributed by atoms with E-state index in [2.05, 4.69) is 35.1 Å². The van der Waals surface area contributed by atoms with Crippen LogP contribution in [0.15, 0.2) is 22.7 Å². The third-order valence-electron chi connectivity index (χ3n) is 3.00. The van der Waals surface area contributed by atoms with Gasteiger partial charge in [-0.1, -0.05) is 35.8 Å². The van der Waals surface area contributed by atoms with Gasteiger partial charge in [-0.25, -0.2) is 8.78 Å². The second-order valence-electron chi connectivity index (χ2n) is 5.36. The maximum Gasteiger partial charge on any atom is 0.255 e. The quantitative estimate of drug-likeness (QED) is 0.705. The number of anilines is 1. The minimum absolute atomic E-state index is 0.151. The average molecular weight is 365 g/mol. The molecule has 0 aliphatic rings. The first-order chi connectivity index (χ1) is 9.93. The molecule has 0 saturated carbocycles. The van der Waals surface area contributed by atoms with Gasteiger partial charge in [-0.3, -0.25) is 0 Å². The lowest BCUT2D eigenvalue weighted by atomic mass is 10.1. The Morgan fingerprint density at radius 2 is 2.05 bits per heavy atom. The van der Waals surface area contributed by atoms with E-state index in [1.54, 1.807) is 0 Å². The lowest BCUT2D eigenvalue weighted by Gasteiger charge is -2.24. The number of nitrogens with one attached hydrogen (secondary N) is 1. The molecule has 0 heterocycles.